The van der Waals surface area contributed by atoms with E-state index in [0.717, 1.165) is 38.5 Å². The number of nitrogens with two attached hydrogens (primary N) is 1. The quantitative estimate of drug-likeness (QED) is 0.469. The van der Waals surface area contributed by atoms with Gasteiger partial charge in [0.05, 0.1) is 5.71 Å². The smallest absolute Gasteiger partial charge is 0.139 e. The van der Waals surface area contributed by atoms with E-state index in [1.54, 1.807) is 0 Å². The maximum atomic E-state index is 12.6. The first-order valence-electron chi connectivity index (χ1n) is 10.5. The number of hydrogen-bond acceptors (Lipinski definition) is 4. The number of Topliss-reactive ketones (excluding diaryl/α,β-unsaturated/α-hetero) is 1. The number of rotatable bonds is 3. The second-order valence-corrected chi connectivity index (χ2v) is 9.71. The highest BCUT2D eigenvalue weighted by atomic mass is 16.6. The molecular weight excluding hydrogens is 324 g/mol. The molecule has 4 saturated carbocycles. The van der Waals surface area contributed by atoms with Crippen molar-refractivity contribution < 1.29 is 9.63 Å². The van der Waals surface area contributed by atoms with Crippen molar-refractivity contribution in [1.29, 1.82) is 0 Å². The van der Waals surface area contributed by atoms with Crippen LogP contribution in [0.2, 0.25) is 0 Å². The van der Waals surface area contributed by atoms with Crippen LogP contribution in [0.4, 0.5) is 0 Å². The number of hydrogen-bond donors (Lipinski definition) is 1. The molecule has 26 heavy (non-hydrogen) atoms. The Morgan fingerprint density at radius 1 is 1.19 bits per heavy atom. The number of nitrogens with zero attached hydrogens (tertiary/aromatic N) is 1. The standard InChI is InChI=1S/C22H34N2O2/c1-14-12-15-13-16(24-26-11-10-23)6-8-21(15,2)18-7-9-22(3)17(20(14)18)4-5-19(22)25/h15,17-18,20H,1,4-13,23H2,2-3H3/t15-,17-,18-,20-,21-,22-/m0/s1. The fraction of sp³-hybridized carbons (Fsp3) is 0.818. The maximum absolute atomic E-state index is 12.6. The van der Waals surface area contributed by atoms with E-state index in [1.165, 1.54) is 24.1 Å². The van der Waals surface area contributed by atoms with Crippen LogP contribution in [0.3, 0.4) is 0 Å². The van der Waals surface area contributed by atoms with Crippen molar-refractivity contribution in [2.24, 2.45) is 45.4 Å². The minimum Gasteiger partial charge on any atom is -0.395 e. The Bertz CT molecular complexity index is 642. The Hall–Kier alpha value is -1.16. The molecule has 4 heteroatoms. The van der Waals surface area contributed by atoms with Crippen LogP contribution in [0.25, 0.3) is 0 Å². The van der Waals surface area contributed by atoms with Gasteiger partial charge in [0.1, 0.15) is 12.4 Å². The molecular formula is C22H34N2O2. The van der Waals surface area contributed by atoms with E-state index in [2.05, 4.69) is 25.6 Å². The topological polar surface area (TPSA) is 64.7 Å². The summed E-state index contributed by atoms with van der Waals surface area (Å²) in [6.45, 7) is 10.3. The van der Waals surface area contributed by atoms with Gasteiger partial charge in [0.25, 0.3) is 0 Å². The Morgan fingerprint density at radius 3 is 2.77 bits per heavy atom. The van der Waals surface area contributed by atoms with Crippen LogP contribution >= 0.6 is 0 Å². The van der Waals surface area contributed by atoms with Gasteiger partial charge in [-0.05, 0) is 74.0 Å². The minimum atomic E-state index is -0.0787. The summed E-state index contributed by atoms with van der Waals surface area (Å²) >= 11 is 0. The molecule has 144 valence electrons. The summed E-state index contributed by atoms with van der Waals surface area (Å²) in [5.41, 5.74) is 8.38. The number of carbonyl (C=O) groups excluding carboxylic acids is 1. The molecule has 0 aliphatic heterocycles. The predicted octanol–water partition coefficient (Wildman–Crippen LogP) is 4.10. The van der Waals surface area contributed by atoms with Crippen LogP contribution in [0.5, 0.6) is 0 Å². The molecule has 0 heterocycles. The third-order valence-electron chi connectivity index (χ3n) is 8.58. The normalized spacial score (nSPS) is 46.7. The Morgan fingerprint density at radius 2 is 2.00 bits per heavy atom. The van der Waals surface area contributed by atoms with Crippen LogP contribution in [0.15, 0.2) is 17.3 Å². The zero-order chi connectivity index (χ0) is 18.5. The Kier molecular flexibility index (Phi) is 4.53. The highest BCUT2D eigenvalue weighted by Gasteiger charge is 2.61. The molecule has 0 aromatic heterocycles. The van der Waals surface area contributed by atoms with Gasteiger partial charge >= 0.3 is 0 Å². The Labute approximate surface area is 157 Å². The van der Waals surface area contributed by atoms with Gasteiger partial charge in [-0.15, -0.1) is 0 Å². The maximum Gasteiger partial charge on any atom is 0.139 e. The van der Waals surface area contributed by atoms with E-state index < -0.39 is 0 Å². The first-order chi connectivity index (χ1) is 12.4. The average molecular weight is 359 g/mol. The summed E-state index contributed by atoms with van der Waals surface area (Å²) in [7, 11) is 0. The lowest BCUT2D eigenvalue weighted by molar-refractivity contribution is -0.133. The number of carbonyl (C=O) groups is 1. The van der Waals surface area contributed by atoms with Crippen molar-refractivity contribution in [3.05, 3.63) is 12.2 Å². The predicted molar refractivity (Wildman–Crippen MR) is 104 cm³/mol. The van der Waals surface area contributed by atoms with Crippen molar-refractivity contribution in [2.45, 2.75) is 65.2 Å². The van der Waals surface area contributed by atoms with E-state index in [4.69, 9.17) is 10.6 Å². The molecule has 0 spiro atoms. The molecule has 6 atom stereocenters. The zero-order valence-electron chi connectivity index (χ0n) is 16.4. The molecule has 0 aromatic carbocycles. The van der Waals surface area contributed by atoms with Crippen molar-refractivity contribution in [3.8, 4) is 0 Å². The average Bonchev–Trinajstić information content (AvgIpc) is 2.92. The number of fused-ring (bicyclic) bond motifs is 5. The molecule has 0 unspecified atom stereocenters. The van der Waals surface area contributed by atoms with Gasteiger partial charge in [0.2, 0.25) is 0 Å². The molecule has 0 aromatic rings. The van der Waals surface area contributed by atoms with Crippen LogP contribution in [0, 0.1) is 34.5 Å². The van der Waals surface area contributed by atoms with Gasteiger partial charge in [-0.2, -0.15) is 0 Å². The molecule has 0 bridgehead atoms. The van der Waals surface area contributed by atoms with Gasteiger partial charge in [0.15, 0.2) is 0 Å². The summed E-state index contributed by atoms with van der Waals surface area (Å²) in [5, 5.41) is 4.36. The first-order valence-corrected chi connectivity index (χ1v) is 10.5. The molecule has 4 rings (SSSR count). The van der Waals surface area contributed by atoms with Crippen LogP contribution in [-0.4, -0.2) is 24.6 Å². The summed E-state index contributed by atoms with van der Waals surface area (Å²) in [5.74, 6) is 2.89. The summed E-state index contributed by atoms with van der Waals surface area (Å²) in [6, 6.07) is 0. The molecule has 4 fully saturated rings. The third-order valence-corrected chi connectivity index (χ3v) is 8.58. The lowest BCUT2D eigenvalue weighted by Gasteiger charge is -2.60. The van der Waals surface area contributed by atoms with Gasteiger partial charge in [0, 0.05) is 18.4 Å². The summed E-state index contributed by atoms with van der Waals surface area (Å²) in [4.78, 5) is 17.9. The fourth-order valence-electron chi connectivity index (χ4n) is 6.98. The molecule has 2 N–H and O–H groups in total. The fourth-order valence-corrected chi connectivity index (χ4v) is 6.98. The summed E-state index contributed by atoms with van der Waals surface area (Å²) < 4.78 is 0. The van der Waals surface area contributed by atoms with E-state index in [1.807, 2.05) is 0 Å². The first kappa shape index (κ1) is 18.2. The van der Waals surface area contributed by atoms with Crippen molar-refractivity contribution in [3.63, 3.8) is 0 Å². The van der Waals surface area contributed by atoms with E-state index in [0.29, 0.717) is 48.0 Å². The number of allylic oxidation sites excluding steroid dienone is 1. The molecule has 0 saturated heterocycles. The second-order valence-electron chi connectivity index (χ2n) is 9.71. The van der Waals surface area contributed by atoms with E-state index >= 15 is 0 Å². The highest BCUT2D eigenvalue weighted by molar-refractivity contribution is 5.87. The SMILES string of the molecule is C=C1C[C@H]2CC(=NOCCN)CC[C@]2(C)[C@H]2CC[C@]3(C)C(=O)CC[C@H]3[C@H]12. The third kappa shape index (κ3) is 2.59. The molecule has 4 nitrogen and oxygen atoms in total. The van der Waals surface area contributed by atoms with Gasteiger partial charge in [-0.3, -0.25) is 4.79 Å². The lowest BCUT2D eigenvalue weighted by Crippen LogP contribution is -2.54. The second kappa shape index (κ2) is 6.47. The highest BCUT2D eigenvalue weighted by Crippen LogP contribution is 2.66. The minimum absolute atomic E-state index is 0.0787. The van der Waals surface area contributed by atoms with Crippen LogP contribution < -0.4 is 5.73 Å². The van der Waals surface area contributed by atoms with E-state index in [-0.39, 0.29) is 5.41 Å². The van der Waals surface area contributed by atoms with Crippen molar-refractivity contribution in [1.82, 2.24) is 0 Å². The monoisotopic (exact) mass is 358 g/mol. The van der Waals surface area contributed by atoms with Crippen molar-refractivity contribution >= 4 is 11.5 Å². The van der Waals surface area contributed by atoms with Gasteiger partial charge in [-0.1, -0.05) is 31.2 Å². The van der Waals surface area contributed by atoms with E-state index in [9.17, 15) is 4.79 Å². The largest absolute Gasteiger partial charge is 0.395 e. The van der Waals surface area contributed by atoms with Gasteiger partial charge < -0.3 is 10.6 Å². The number of ketones is 1. The van der Waals surface area contributed by atoms with Crippen LogP contribution in [-0.2, 0) is 9.63 Å². The van der Waals surface area contributed by atoms with Gasteiger partial charge in [-0.25, -0.2) is 0 Å². The molecule has 0 radical (unpaired) electrons. The molecule has 0 amide bonds. The number of oxime groups is 1. The lowest BCUT2D eigenvalue weighted by atomic mass is 9.44. The molecule has 4 aliphatic carbocycles. The van der Waals surface area contributed by atoms with Crippen molar-refractivity contribution in [2.75, 3.05) is 13.2 Å². The Balaban J connectivity index is 1.57. The summed E-state index contributed by atoms with van der Waals surface area (Å²) in [6.07, 6.45) is 8.48. The molecule has 4 aliphatic rings. The van der Waals surface area contributed by atoms with Crippen LogP contribution in [0.1, 0.15) is 65.2 Å². The zero-order valence-corrected chi connectivity index (χ0v) is 16.4.